The van der Waals surface area contributed by atoms with Crippen LogP contribution in [0.5, 0.6) is 5.75 Å². The fourth-order valence-corrected chi connectivity index (χ4v) is 4.27. The first-order chi connectivity index (χ1) is 11.1. The van der Waals surface area contributed by atoms with Crippen LogP contribution in [0.2, 0.25) is 5.02 Å². The Balaban J connectivity index is 2.27. The van der Waals surface area contributed by atoms with Crippen LogP contribution in [-0.4, -0.2) is 21.1 Å². The van der Waals surface area contributed by atoms with E-state index in [-0.39, 0.29) is 16.5 Å². The van der Waals surface area contributed by atoms with E-state index >= 15 is 0 Å². The summed E-state index contributed by atoms with van der Waals surface area (Å²) < 4.78 is 46.2. The lowest BCUT2D eigenvalue weighted by molar-refractivity contribution is 0.399. The van der Waals surface area contributed by atoms with Crippen molar-refractivity contribution >= 4 is 21.6 Å². The predicted octanol–water partition coefficient (Wildman–Crippen LogP) is 3.79. The summed E-state index contributed by atoms with van der Waals surface area (Å²) in [7, 11) is -2.45. The number of ether oxygens (including phenoxy) is 1. The molecule has 2 aromatic carbocycles. The molecule has 7 heteroatoms. The number of nitrogens with one attached hydrogen (secondary N) is 1. The van der Waals surface area contributed by atoms with Gasteiger partial charge in [-0.1, -0.05) is 23.7 Å². The third-order valence-electron chi connectivity index (χ3n) is 3.39. The molecule has 0 heterocycles. The number of benzene rings is 2. The summed E-state index contributed by atoms with van der Waals surface area (Å²) in [6.07, 6.45) is 0.398. The minimum atomic E-state index is -3.85. The van der Waals surface area contributed by atoms with Crippen molar-refractivity contribution < 1.29 is 17.5 Å². The van der Waals surface area contributed by atoms with E-state index in [9.17, 15) is 12.8 Å². The molecule has 0 fully saturated rings. The monoisotopic (exact) mass is 371 g/mol. The number of hydrogen-bond donors (Lipinski definition) is 1. The number of sulfonamides is 1. The topological polar surface area (TPSA) is 55.4 Å². The lowest BCUT2D eigenvalue weighted by Gasteiger charge is -2.26. The van der Waals surface area contributed by atoms with E-state index < -0.39 is 15.6 Å². The number of halogens is 2. The summed E-state index contributed by atoms with van der Waals surface area (Å²) in [5.41, 5.74) is 0.0337. The van der Waals surface area contributed by atoms with E-state index in [2.05, 4.69) is 4.72 Å². The lowest BCUT2D eigenvalue weighted by Crippen LogP contribution is -2.45. The molecule has 2 aromatic rings. The van der Waals surface area contributed by atoms with Gasteiger partial charge in [0.1, 0.15) is 16.5 Å². The standard InChI is InChI=1S/C17H19ClFNO3S/c1-17(2,11-12-4-7-14(19)8-5-12)20-24(21,22)16-10-13(18)6-9-15(16)23-3/h4-10,20H,11H2,1-3H3. The van der Waals surface area contributed by atoms with Crippen molar-refractivity contribution in [3.63, 3.8) is 0 Å². The van der Waals surface area contributed by atoms with Crippen LogP contribution in [0.1, 0.15) is 19.4 Å². The molecule has 0 aliphatic carbocycles. The number of methoxy groups -OCH3 is 1. The first-order valence-electron chi connectivity index (χ1n) is 7.25. The van der Waals surface area contributed by atoms with Gasteiger partial charge in [-0.3, -0.25) is 0 Å². The maximum atomic E-state index is 13.0. The minimum Gasteiger partial charge on any atom is -0.495 e. The van der Waals surface area contributed by atoms with Crippen LogP contribution in [0.15, 0.2) is 47.4 Å². The lowest BCUT2D eigenvalue weighted by atomic mass is 9.96. The Morgan fingerprint density at radius 3 is 2.38 bits per heavy atom. The quantitative estimate of drug-likeness (QED) is 0.840. The molecule has 0 radical (unpaired) electrons. The molecule has 0 unspecified atom stereocenters. The van der Waals surface area contributed by atoms with Crippen LogP contribution in [0.4, 0.5) is 4.39 Å². The zero-order chi connectivity index (χ0) is 18.0. The minimum absolute atomic E-state index is 0.0234. The highest BCUT2D eigenvalue weighted by molar-refractivity contribution is 7.89. The highest BCUT2D eigenvalue weighted by Gasteiger charge is 2.29. The van der Waals surface area contributed by atoms with Crippen molar-refractivity contribution in [2.75, 3.05) is 7.11 Å². The summed E-state index contributed by atoms with van der Waals surface area (Å²) in [4.78, 5) is -0.0234. The van der Waals surface area contributed by atoms with Crippen LogP contribution in [0, 0.1) is 5.82 Å². The smallest absolute Gasteiger partial charge is 0.244 e. The summed E-state index contributed by atoms with van der Waals surface area (Å²) >= 11 is 5.91. The molecule has 24 heavy (non-hydrogen) atoms. The maximum Gasteiger partial charge on any atom is 0.244 e. The third-order valence-corrected chi connectivity index (χ3v) is 5.34. The molecule has 0 amide bonds. The van der Waals surface area contributed by atoms with E-state index in [1.807, 2.05) is 0 Å². The van der Waals surface area contributed by atoms with Crippen LogP contribution < -0.4 is 9.46 Å². The van der Waals surface area contributed by atoms with Crippen LogP contribution in [-0.2, 0) is 16.4 Å². The van der Waals surface area contributed by atoms with Gasteiger partial charge in [-0.2, -0.15) is 0 Å². The first kappa shape index (κ1) is 18.7. The third kappa shape index (κ3) is 4.69. The zero-order valence-electron chi connectivity index (χ0n) is 13.6. The van der Waals surface area contributed by atoms with Crippen molar-refractivity contribution in [1.82, 2.24) is 4.72 Å². The van der Waals surface area contributed by atoms with Gasteiger partial charge >= 0.3 is 0 Å². The van der Waals surface area contributed by atoms with E-state index in [0.29, 0.717) is 11.4 Å². The van der Waals surface area contributed by atoms with Gasteiger partial charge in [0.15, 0.2) is 0 Å². The van der Waals surface area contributed by atoms with Gasteiger partial charge in [0.05, 0.1) is 7.11 Å². The molecule has 0 aliphatic rings. The second kappa shape index (κ2) is 7.09. The van der Waals surface area contributed by atoms with Crippen molar-refractivity contribution in [1.29, 1.82) is 0 Å². The Kier molecular flexibility index (Phi) is 5.52. The predicted molar refractivity (Wildman–Crippen MR) is 92.5 cm³/mol. The molecule has 0 saturated carbocycles. The van der Waals surface area contributed by atoms with Crippen molar-refractivity contribution in [3.8, 4) is 5.75 Å². The highest BCUT2D eigenvalue weighted by atomic mass is 35.5. The van der Waals surface area contributed by atoms with Crippen LogP contribution in [0.3, 0.4) is 0 Å². The summed E-state index contributed by atoms with van der Waals surface area (Å²) in [6, 6.07) is 10.4. The Labute approximate surface area is 146 Å². The van der Waals surface area contributed by atoms with Gasteiger partial charge in [-0.05, 0) is 56.2 Å². The largest absolute Gasteiger partial charge is 0.495 e. The Hall–Kier alpha value is -1.63. The second-order valence-electron chi connectivity index (χ2n) is 6.09. The molecule has 0 bridgehead atoms. The molecule has 0 saturated heterocycles. The van der Waals surface area contributed by atoms with Crippen molar-refractivity contribution in [2.24, 2.45) is 0 Å². The molecular weight excluding hydrogens is 353 g/mol. The molecule has 4 nitrogen and oxygen atoms in total. The maximum absolute atomic E-state index is 13.0. The van der Waals surface area contributed by atoms with E-state index in [0.717, 1.165) is 5.56 Å². The Morgan fingerprint density at radius 1 is 1.17 bits per heavy atom. The average Bonchev–Trinajstić information content (AvgIpc) is 2.48. The molecular formula is C17H19ClFNO3S. The van der Waals surface area contributed by atoms with Gasteiger partial charge in [0.2, 0.25) is 10.0 Å². The number of hydrogen-bond acceptors (Lipinski definition) is 3. The van der Waals surface area contributed by atoms with E-state index in [4.69, 9.17) is 16.3 Å². The summed E-state index contributed by atoms with van der Waals surface area (Å²) in [5, 5.41) is 0.299. The van der Waals surface area contributed by atoms with Gasteiger partial charge in [0, 0.05) is 10.6 Å². The molecule has 0 aliphatic heterocycles. The second-order valence-corrected chi connectivity index (χ2v) is 8.18. The normalized spacial score (nSPS) is 12.2. The first-order valence-corrected chi connectivity index (χ1v) is 9.11. The highest BCUT2D eigenvalue weighted by Crippen LogP contribution is 2.28. The molecule has 0 aromatic heterocycles. The number of rotatable bonds is 6. The van der Waals surface area contributed by atoms with Gasteiger partial charge < -0.3 is 4.74 Å². The van der Waals surface area contributed by atoms with E-state index in [1.165, 1.54) is 31.4 Å². The average molecular weight is 372 g/mol. The van der Waals surface area contributed by atoms with Gasteiger partial charge in [-0.15, -0.1) is 0 Å². The summed E-state index contributed by atoms with van der Waals surface area (Å²) in [6.45, 7) is 3.51. The molecule has 1 N–H and O–H groups in total. The molecule has 2 rings (SSSR count). The van der Waals surface area contributed by atoms with Crippen molar-refractivity contribution in [2.45, 2.75) is 30.7 Å². The van der Waals surface area contributed by atoms with Gasteiger partial charge in [0.25, 0.3) is 0 Å². The molecule has 0 spiro atoms. The van der Waals surface area contributed by atoms with Crippen LogP contribution in [0.25, 0.3) is 0 Å². The molecule has 0 atom stereocenters. The SMILES string of the molecule is COc1ccc(Cl)cc1S(=O)(=O)NC(C)(C)Cc1ccc(F)cc1. The van der Waals surface area contributed by atoms with E-state index in [1.54, 1.807) is 32.0 Å². The fraction of sp³-hybridized carbons (Fsp3) is 0.294. The Bertz CT molecular complexity index is 820. The Morgan fingerprint density at radius 2 is 1.79 bits per heavy atom. The van der Waals surface area contributed by atoms with Crippen LogP contribution >= 0.6 is 11.6 Å². The fourth-order valence-electron chi connectivity index (χ4n) is 2.43. The van der Waals surface area contributed by atoms with Crippen molar-refractivity contribution in [3.05, 3.63) is 58.9 Å². The molecule has 130 valence electrons. The zero-order valence-corrected chi connectivity index (χ0v) is 15.2. The van der Waals surface area contributed by atoms with Gasteiger partial charge in [-0.25, -0.2) is 17.5 Å². The summed E-state index contributed by atoms with van der Waals surface area (Å²) in [5.74, 6) is -0.120.